The van der Waals surface area contributed by atoms with Gasteiger partial charge in [0.1, 0.15) is 0 Å². The summed E-state index contributed by atoms with van der Waals surface area (Å²) >= 11 is 0. The van der Waals surface area contributed by atoms with Crippen LogP contribution in [0.1, 0.15) is 54.1 Å². The molecule has 2 aliphatic heterocycles. The molecule has 0 unspecified atom stereocenters. The Bertz CT molecular complexity index is 1280. The van der Waals surface area contributed by atoms with E-state index in [-0.39, 0.29) is 35.9 Å². The minimum atomic E-state index is -0.210. The Kier molecular flexibility index (Phi) is 6.89. The quantitative estimate of drug-likeness (QED) is 0.516. The highest BCUT2D eigenvalue weighted by Gasteiger charge is 2.48. The van der Waals surface area contributed by atoms with Crippen molar-refractivity contribution >= 4 is 17.5 Å². The van der Waals surface area contributed by atoms with Gasteiger partial charge in [-0.25, -0.2) is 4.68 Å². The first kappa shape index (κ1) is 24.7. The fraction of sp³-hybridized carbons (Fsp3) is 0.433. The molecule has 38 heavy (non-hydrogen) atoms. The predicted octanol–water partition coefficient (Wildman–Crippen LogP) is 4.19. The van der Waals surface area contributed by atoms with Crippen molar-refractivity contribution in [3.63, 3.8) is 0 Å². The van der Waals surface area contributed by atoms with Gasteiger partial charge in [0.25, 0.3) is 5.91 Å². The number of hydrogen-bond donors (Lipinski definition) is 2. The summed E-state index contributed by atoms with van der Waals surface area (Å²) in [7, 11) is 1.73. The third kappa shape index (κ3) is 4.58. The maximum atomic E-state index is 14.1. The molecule has 0 bridgehead atoms. The summed E-state index contributed by atoms with van der Waals surface area (Å²) in [6, 6.07) is 17.6. The molecule has 8 nitrogen and oxygen atoms in total. The van der Waals surface area contributed by atoms with Gasteiger partial charge in [0.05, 0.1) is 30.3 Å². The first-order valence-corrected chi connectivity index (χ1v) is 13.7. The number of rotatable bonds is 6. The number of amides is 2. The van der Waals surface area contributed by atoms with Crippen LogP contribution in [0.2, 0.25) is 0 Å². The van der Waals surface area contributed by atoms with Crippen LogP contribution in [0.3, 0.4) is 0 Å². The van der Waals surface area contributed by atoms with Crippen molar-refractivity contribution in [3.05, 3.63) is 78.1 Å². The number of hydrogen-bond acceptors (Lipinski definition) is 5. The third-order valence-corrected chi connectivity index (χ3v) is 8.51. The monoisotopic (exact) mass is 513 g/mol. The number of methoxy groups -OCH3 is 1. The molecule has 0 radical (unpaired) electrons. The van der Waals surface area contributed by atoms with E-state index in [9.17, 15) is 9.59 Å². The number of likely N-dealkylation sites (tertiary alicyclic amines) is 1. The van der Waals surface area contributed by atoms with E-state index >= 15 is 0 Å². The minimum Gasteiger partial charge on any atom is -0.383 e. The van der Waals surface area contributed by atoms with Gasteiger partial charge in [-0.15, -0.1) is 0 Å². The predicted molar refractivity (Wildman–Crippen MR) is 145 cm³/mol. The molecule has 2 N–H and O–H groups in total. The second-order valence-corrected chi connectivity index (χ2v) is 10.7. The zero-order valence-corrected chi connectivity index (χ0v) is 21.8. The van der Waals surface area contributed by atoms with E-state index in [4.69, 9.17) is 4.74 Å². The Labute approximate surface area is 223 Å². The van der Waals surface area contributed by atoms with Crippen molar-refractivity contribution in [1.82, 2.24) is 20.0 Å². The van der Waals surface area contributed by atoms with Crippen LogP contribution in [0.4, 0.5) is 5.69 Å². The molecular formula is C30H35N5O3. The summed E-state index contributed by atoms with van der Waals surface area (Å²) in [5.41, 5.74) is 3.76. The maximum absolute atomic E-state index is 14.1. The summed E-state index contributed by atoms with van der Waals surface area (Å²) in [6.07, 6.45) is 8.18. The molecule has 1 aromatic heterocycles. The molecule has 0 spiro atoms. The first-order valence-electron chi connectivity index (χ1n) is 13.7. The lowest BCUT2D eigenvalue weighted by atomic mass is 9.81. The number of carbonyl (C=O) groups is 2. The van der Waals surface area contributed by atoms with Gasteiger partial charge in [-0.05, 0) is 61.2 Å². The van der Waals surface area contributed by atoms with Gasteiger partial charge >= 0.3 is 0 Å². The molecule has 2 aromatic carbocycles. The summed E-state index contributed by atoms with van der Waals surface area (Å²) in [6.45, 7) is 1.34. The molecule has 3 aliphatic rings. The molecule has 3 heterocycles. The van der Waals surface area contributed by atoms with E-state index in [1.165, 1.54) is 5.56 Å². The largest absolute Gasteiger partial charge is 0.383 e. The molecule has 2 amide bonds. The van der Waals surface area contributed by atoms with Crippen molar-refractivity contribution < 1.29 is 14.3 Å². The molecule has 6 rings (SSSR count). The van der Waals surface area contributed by atoms with Crippen molar-refractivity contribution in [2.75, 3.05) is 25.6 Å². The molecule has 1 aliphatic carbocycles. The molecule has 3 aromatic rings. The SMILES string of the molecule is COC[C@@H]1Nc2ccccc2[C@H]2[C@H]1CCN2C(=O)[C@H]1CCCC[C@H]1NC(=O)c1ccc(-n2cccn2)cc1. The highest BCUT2D eigenvalue weighted by molar-refractivity contribution is 5.95. The Morgan fingerprint density at radius 3 is 2.66 bits per heavy atom. The number of para-hydroxylation sites is 1. The van der Waals surface area contributed by atoms with Crippen LogP contribution < -0.4 is 10.6 Å². The number of benzene rings is 2. The lowest BCUT2D eigenvalue weighted by molar-refractivity contribution is -0.139. The Balaban J connectivity index is 1.20. The van der Waals surface area contributed by atoms with Gasteiger partial charge in [-0.2, -0.15) is 5.10 Å². The van der Waals surface area contributed by atoms with Gasteiger partial charge in [0.15, 0.2) is 0 Å². The van der Waals surface area contributed by atoms with Gasteiger partial charge in [0.2, 0.25) is 5.91 Å². The van der Waals surface area contributed by atoms with Gasteiger partial charge in [-0.1, -0.05) is 31.0 Å². The molecule has 2 fully saturated rings. The molecule has 1 saturated heterocycles. The second kappa shape index (κ2) is 10.6. The first-order chi connectivity index (χ1) is 18.6. The fourth-order valence-corrected chi connectivity index (χ4v) is 6.67. The van der Waals surface area contributed by atoms with Gasteiger partial charge in [-0.3, -0.25) is 9.59 Å². The van der Waals surface area contributed by atoms with Crippen LogP contribution in [0.5, 0.6) is 0 Å². The van der Waals surface area contributed by atoms with Crippen LogP contribution >= 0.6 is 0 Å². The lowest BCUT2D eigenvalue weighted by Crippen LogP contribution is -2.50. The van der Waals surface area contributed by atoms with Crippen LogP contribution in [-0.2, 0) is 9.53 Å². The number of anilines is 1. The normalized spacial score (nSPS) is 26.2. The number of nitrogens with one attached hydrogen (secondary N) is 2. The van der Waals surface area contributed by atoms with E-state index in [0.29, 0.717) is 18.1 Å². The average Bonchev–Trinajstić information content (AvgIpc) is 3.65. The zero-order valence-electron chi connectivity index (χ0n) is 21.8. The number of fused-ring (bicyclic) bond motifs is 3. The van der Waals surface area contributed by atoms with Crippen molar-refractivity contribution in [1.29, 1.82) is 0 Å². The smallest absolute Gasteiger partial charge is 0.251 e. The molecule has 1 saturated carbocycles. The highest BCUT2D eigenvalue weighted by atomic mass is 16.5. The number of aromatic nitrogens is 2. The lowest BCUT2D eigenvalue weighted by Gasteiger charge is -2.41. The molecular weight excluding hydrogens is 478 g/mol. The Morgan fingerprint density at radius 1 is 1.05 bits per heavy atom. The van der Waals surface area contributed by atoms with Crippen molar-refractivity contribution in [2.45, 2.75) is 50.2 Å². The van der Waals surface area contributed by atoms with Crippen LogP contribution in [0, 0.1) is 11.8 Å². The number of ether oxygens (including phenoxy) is 1. The fourth-order valence-electron chi connectivity index (χ4n) is 6.67. The summed E-state index contributed by atoms with van der Waals surface area (Å²) in [5.74, 6) is 0.134. The topological polar surface area (TPSA) is 88.5 Å². The van der Waals surface area contributed by atoms with Gasteiger partial charge < -0.3 is 20.3 Å². The third-order valence-electron chi connectivity index (χ3n) is 8.51. The Hall–Kier alpha value is -3.65. The minimum absolute atomic E-state index is 0.0354. The van der Waals surface area contributed by atoms with E-state index in [1.807, 2.05) is 42.6 Å². The Morgan fingerprint density at radius 2 is 1.87 bits per heavy atom. The number of nitrogens with zero attached hydrogens (tertiary/aromatic N) is 3. The van der Waals surface area contributed by atoms with Crippen LogP contribution in [0.25, 0.3) is 5.69 Å². The van der Waals surface area contributed by atoms with Crippen LogP contribution in [-0.4, -0.2) is 58.8 Å². The second-order valence-electron chi connectivity index (χ2n) is 10.7. The molecule has 5 atom stereocenters. The number of carbonyl (C=O) groups excluding carboxylic acids is 2. The standard InChI is InChI=1S/C30H35N5O3/c1-38-19-27-23-15-18-34(28(23)22-7-2-4-9-25(22)32-27)30(37)24-8-3-5-10-26(24)33-29(36)20-11-13-21(14-12-20)35-17-6-16-31-35/h2,4,6-7,9,11-14,16-17,23-24,26-28,32H,3,5,8,10,15,18-19H2,1H3,(H,33,36)/t23-,24-,26+,27-,28-/m0/s1. The van der Waals surface area contributed by atoms with E-state index in [1.54, 1.807) is 18.0 Å². The summed E-state index contributed by atoms with van der Waals surface area (Å²) in [5, 5.41) is 11.1. The van der Waals surface area contributed by atoms with E-state index in [0.717, 1.165) is 50.0 Å². The maximum Gasteiger partial charge on any atom is 0.251 e. The van der Waals surface area contributed by atoms with E-state index < -0.39 is 0 Å². The van der Waals surface area contributed by atoms with Gasteiger partial charge in [0, 0.05) is 49.3 Å². The molecule has 198 valence electrons. The molecule has 8 heteroatoms. The average molecular weight is 514 g/mol. The highest BCUT2D eigenvalue weighted by Crippen LogP contribution is 2.47. The zero-order chi connectivity index (χ0) is 26.1. The van der Waals surface area contributed by atoms with Crippen LogP contribution in [0.15, 0.2) is 67.0 Å². The van der Waals surface area contributed by atoms with Crippen molar-refractivity contribution in [3.8, 4) is 5.69 Å². The summed E-state index contributed by atoms with van der Waals surface area (Å²) < 4.78 is 7.29. The van der Waals surface area contributed by atoms with E-state index in [2.05, 4.69) is 38.8 Å². The summed E-state index contributed by atoms with van der Waals surface area (Å²) in [4.78, 5) is 29.5. The van der Waals surface area contributed by atoms with Crippen molar-refractivity contribution in [2.24, 2.45) is 11.8 Å².